The lowest BCUT2D eigenvalue weighted by atomic mass is 9.99. The molecule has 0 amide bonds. The number of furan rings is 1. The van der Waals surface area contributed by atoms with Crippen LogP contribution in [0.4, 0.5) is 11.6 Å². The van der Waals surface area contributed by atoms with Gasteiger partial charge in [-0.15, -0.1) is 0 Å². The summed E-state index contributed by atoms with van der Waals surface area (Å²) in [6, 6.07) is 39.6. The Hall–Kier alpha value is -5.86. The van der Waals surface area contributed by atoms with Crippen LogP contribution in [0.1, 0.15) is 28.8 Å². The van der Waals surface area contributed by atoms with Crippen LogP contribution in [0.15, 0.2) is 125 Å². The third kappa shape index (κ3) is 4.51. The molecule has 0 saturated carbocycles. The van der Waals surface area contributed by atoms with E-state index < -0.39 is 0 Å². The Bertz CT molecular complexity index is 2370. The molecule has 45 heavy (non-hydrogen) atoms. The number of benzene rings is 5. The van der Waals surface area contributed by atoms with Crippen LogP contribution in [0, 0.1) is 18.3 Å². The van der Waals surface area contributed by atoms with Crippen molar-refractivity contribution in [1.82, 2.24) is 4.57 Å². The number of para-hydroxylation sites is 1. The number of nitrogens with zero attached hydrogens (tertiary/aromatic N) is 4. The SMILES string of the molecule is Cc1c(/N=C(\N(C)c2ccccc2)n2c3c(c4cc5ccccc5cc42)CCC=C3)oc2cc(-c3cccc(C#N)c3)ccc12. The monoisotopic (exact) mass is 582 g/mol. The number of hydrogen-bond donors (Lipinski definition) is 0. The Morgan fingerprint density at radius 3 is 2.44 bits per heavy atom. The van der Waals surface area contributed by atoms with Crippen LogP contribution in [0.2, 0.25) is 0 Å². The van der Waals surface area contributed by atoms with E-state index >= 15 is 0 Å². The predicted molar refractivity (Wildman–Crippen MR) is 185 cm³/mol. The Kier molecular flexibility index (Phi) is 6.36. The zero-order valence-electron chi connectivity index (χ0n) is 25.2. The van der Waals surface area contributed by atoms with Crippen LogP contribution in [-0.2, 0) is 6.42 Å². The highest BCUT2D eigenvalue weighted by Crippen LogP contribution is 2.38. The first-order valence-electron chi connectivity index (χ1n) is 15.2. The topological polar surface area (TPSA) is 57.5 Å². The number of aliphatic imine (C=N–C) groups is 1. The Balaban J connectivity index is 1.37. The molecule has 216 valence electrons. The van der Waals surface area contributed by atoms with E-state index in [1.54, 1.807) is 0 Å². The fourth-order valence-electron chi connectivity index (χ4n) is 6.53. The summed E-state index contributed by atoms with van der Waals surface area (Å²) in [6.07, 6.45) is 6.50. The molecule has 0 aliphatic heterocycles. The lowest BCUT2D eigenvalue weighted by molar-refractivity contribution is 0.622. The molecule has 8 rings (SSSR count). The average Bonchev–Trinajstić information content (AvgIpc) is 3.58. The van der Waals surface area contributed by atoms with Crippen LogP contribution in [0.3, 0.4) is 0 Å². The van der Waals surface area contributed by atoms with Gasteiger partial charge in [0.1, 0.15) is 5.58 Å². The van der Waals surface area contributed by atoms with Gasteiger partial charge in [0.15, 0.2) is 0 Å². The van der Waals surface area contributed by atoms with Gasteiger partial charge < -0.3 is 9.32 Å². The number of anilines is 1. The van der Waals surface area contributed by atoms with Gasteiger partial charge in [-0.25, -0.2) is 0 Å². The molecular weight excluding hydrogens is 552 g/mol. The zero-order chi connectivity index (χ0) is 30.5. The molecule has 0 radical (unpaired) electrons. The van der Waals surface area contributed by atoms with Crippen LogP contribution in [0.25, 0.3) is 49.8 Å². The van der Waals surface area contributed by atoms with E-state index in [0.29, 0.717) is 11.4 Å². The molecule has 2 aromatic heterocycles. The van der Waals surface area contributed by atoms with Crippen molar-refractivity contribution in [2.45, 2.75) is 19.8 Å². The van der Waals surface area contributed by atoms with Gasteiger partial charge in [-0.05, 0) is 95.8 Å². The van der Waals surface area contributed by atoms with Gasteiger partial charge in [0.2, 0.25) is 11.8 Å². The number of rotatable bonds is 3. The summed E-state index contributed by atoms with van der Waals surface area (Å²) in [5.41, 5.74) is 8.99. The smallest absolute Gasteiger partial charge is 0.226 e. The fraction of sp³-hybridized carbons (Fsp3) is 0.100. The van der Waals surface area contributed by atoms with E-state index in [1.165, 1.54) is 21.7 Å². The maximum Gasteiger partial charge on any atom is 0.226 e. The summed E-state index contributed by atoms with van der Waals surface area (Å²) >= 11 is 0. The minimum Gasteiger partial charge on any atom is -0.438 e. The molecular formula is C40H30N4O. The molecule has 0 atom stereocenters. The standard InChI is InChI=1S/C40H30N4O/c1-26-33-20-19-31(28-14-10-11-27(21-28)25-41)24-38(33)45-39(26)42-40(43(2)32-15-4-3-5-16-32)44-36-18-9-8-17-34(36)35-22-29-12-6-7-13-30(29)23-37(35)44/h3-7,9-16,18-24H,8,17H2,1-2H3/b42-40+. The van der Waals surface area contributed by atoms with E-state index in [9.17, 15) is 5.26 Å². The van der Waals surface area contributed by atoms with E-state index in [-0.39, 0.29) is 0 Å². The maximum atomic E-state index is 9.41. The number of hydrogen-bond acceptors (Lipinski definition) is 3. The molecule has 7 aromatic rings. The zero-order valence-corrected chi connectivity index (χ0v) is 25.2. The van der Waals surface area contributed by atoms with Crippen molar-refractivity contribution in [1.29, 1.82) is 5.26 Å². The van der Waals surface area contributed by atoms with Crippen LogP contribution < -0.4 is 4.90 Å². The van der Waals surface area contributed by atoms with Crippen molar-refractivity contribution in [3.63, 3.8) is 0 Å². The molecule has 0 N–H and O–H groups in total. The van der Waals surface area contributed by atoms with Crippen molar-refractivity contribution in [2.24, 2.45) is 4.99 Å². The first-order valence-corrected chi connectivity index (χ1v) is 15.2. The third-order valence-electron chi connectivity index (χ3n) is 8.90. The van der Waals surface area contributed by atoms with Gasteiger partial charge in [-0.3, -0.25) is 4.57 Å². The number of allylic oxidation sites excluding steroid dienone is 1. The maximum absolute atomic E-state index is 9.41. The molecule has 1 aliphatic carbocycles. The summed E-state index contributed by atoms with van der Waals surface area (Å²) in [5.74, 6) is 1.33. The quantitative estimate of drug-likeness (QED) is 0.154. The number of aryl methyl sites for hydroxylation is 2. The van der Waals surface area contributed by atoms with Crippen LogP contribution >= 0.6 is 0 Å². The van der Waals surface area contributed by atoms with E-state index in [2.05, 4.69) is 114 Å². The van der Waals surface area contributed by atoms with Gasteiger partial charge in [-0.2, -0.15) is 10.3 Å². The van der Waals surface area contributed by atoms with Crippen molar-refractivity contribution in [3.05, 3.63) is 138 Å². The third-order valence-corrected chi connectivity index (χ3v) is 8.90. The number of nitriles is 1. The van der Waals surface area contributed by atoms with E-state index in [4.69, 9.17) is 9.41 Å². The van der Waals surface area contributed by atoms with E-state index in [1.807, 2.05) is 36.4 Å². The average molecular weight is 583 g/mol. The summed E-state index contributed by atoms with van der Waals surface area (Å²) in [7, 11) is 2.07. The largest absolute Gasteiger partial charge is 0.438 e. The van der Waals surface area contributed by atoms with Gasteiger partial charge in [0, 0.05) is 29.1 Å². The summed E-state index contributed by atoms with van der Waals surface area (Å²) in [4.78, 5) is 7.49. The summed E-state index contributed by atoms with van der Waals surface area (Å²) in [6.45, 7) is 2.07. The van der Waals surface area contributed by atoms with Crippen LogP contribution in [0.5, 0.6) is 0 Å². The molecule has 5 nitrogen and oxygen atoms in total. The highest BCUT2D eigenvalue weighted by atomic mass is 16.3. The molecule has 0 bridgehead atoms. The molecule has 0 spiro atoms. The molecule has 2 heterocycles. The Labute approximate surface area is 261 Å². The second-order valence-electron chi connectivity index (χ2n) is 11.6. The Morgan fingerprint density at radius 1 is 0.844 bits per heavy atom. The van der Waals surface area contributed by atoms with Crippen molar-refractivity contribution in [2.75, 3.05) is 11.9 Å². The van der Waals surface area contributed by atoms with Crippen molar-refractivity contribution in [3.8, 4) is 17.2 Å². The lowest BCUT2D eigenvalue weighted by Gasteiger charge is -2.24. The molecule has 0 fully saturated rings. The second-order valence-corrected chi connectivity index (χ2v) is 11.6. The predicted octanol–water partition coefficient (Wildman–Crippen LogP) is 10.0. The second kappa shape index (κ2) is 10.7. The fourth-order valence-corrected chi connectivity index (χ4v) is 6.53. The molecule has 1 aliphatic rings. The molecule has 5 aromatic carbocycles. The van der Waals surface area contributed by atoms with Crippen molar-refractivity contribution >= 4 is 56.3 Å². The summed E-state index contributed by atoms with van der Waals surface area (Å²) in [5, 5.41) is 14.1. The van der Waals surface area contributed by atoms with Gasteiger partial charge in [-0.1, -0.05) is 72.8 Å². The first-order chi connectivity index (χ1) is 22.1. The molecule has 0 unspecified atom stereocenters. The number of aromatic nitrogens is 1. The molecule has 0 saturated heterocycles. The van der Waals surface area contributed by atoms with Gasteiger partial charge >= 0.3 is 0 Å². The minimum atomic E-state index is 0.571. The molecule has 5 heteroatoms. The van der Waals surface area contributed by atoms with Crippen molar-refractivity contribution < 1.29 is 4.42 Å². The Morgan fingerprint density at radius 2 is 1.62 bits per heavy atom. The van der Waals surface area contributed by atoms with Crippen LogP contribution in [-0.4, -0.2) is 17.6 Å². The van der Waals surface area contributed by atoms with Gasteiger partial charge in [0.25, 0.3) is 0 Å². The highest BCUT2D eigenvalue weighted by molar-refractivity contribution is 6.10. The number of fused-ring (bicyclic) bond motifs is 5. The lowest BCUT2D eigenvalue weighted by Crippen LogP contribution is -2.33. The first kappa shape index (κ1) is 26.7. The minimum absolute atomic E-state index is 0.571. The summed E-state index contributed by atoms with van der Waals surface area (Å²) < 4.78 is 8.84. The van der Waals surface area contributed by atoms with E-state index in [0.717, 1.165) is 63.4 Å². The van der Waals surface area contributed by atoms with Gasteiger partial charge in [0.05, 0.1) is 22.8 Å². The highest BCUT2D eigenvalue weighted by Gasteiger charge is 2.25. The normalized spacial score (nSPS) is 13.0.